The number of hydrogen-bond acceptors (Lipinski definition) is 10. The van der Waals surface area contributed by atoms with E-state index in [4.69, 9.17) is 10.5 Å². The van der Waals surface area contributed by atoms with Crippen molar-refractivity contribution in [3.05, 3.63) is 40.7 Å². The second-order valence-electron chi connectivity index (χ2n) is 11.0. The van der Waals surface area contributed by atoms with Gasteiger partial charge in [0.25, 0.3) is 0 Å². The average molecular weight is 563 g/mol. The summed E-state index contributed by atoms with van der Waals surface area (Å²) in [5, 5.41) is 14.4. The second kappa shape index (κ2) is 9.55. The molecule has 206 valence electrons. The topological polar surface area (TPSA) is 116 Å². The van der Waals surface area contributed by atoms with Crippen molar-refractivity contribution in [2.75, 3.05) is 36.8 Å². The second-order valence-corrected chi connectivity index (χ2v) is 12.1. The SMILES string of the molecule is CC(C)NC1CCN(C2CN(c3ncc4c5c(c(-c6ncc(F)c7sc(N)c(C#N)c67)c(F)c4n3)COC5)C2)C1. The van der Waals surface area contributed by atoms with Gasteiger partial charge in [-0.25, -0.2) is 18.7 Å². The summed E-state index contributed by atoms with van der Waals surface area (Å²) in [6.07, 6.45) is 3.85. The molecule has 40 heavy (non-hydrogen) atoms. The maximum Gasteiger partial charge on any atom is 0.226 e. The molecule has 3 aliphatic rings. The Hall–Kier alpha value is -3.50. The first-order valence-corrected chi connectivity index (χ1v) is 14.2. The minimum Gasteiger partial charge on any atom is -0.389 e. The van der Waals surface area contributed by atoms with Gasteiger partial charge in [0.05, 0.1) is 35.4 Å². The smallest absolute Gasteiger partial charge is 0.226 e. The molecule has 3 aliphatic heterocycles. The van der Waals surface area contributed by atoms with E-state index < -0.39 is 11.6 Å². The van der Waals surface area contributed by atoms with Gasteiger partial charge < -0.3 is 20.7 Å². The van der Waals surface area contributed by atoms with Crippen LogP contribution in [0.2, 0.25) is 0 Å². The summed E-state index contributed by atoms with van der Waals surface area (Å²) in [6, 6.07) is 3.43. The predicted molar refractivity (Wildman–Crippen MR) is 150 cm³/mol. The minimum atomic E-state index is -0.604. The van der Waals surface area contributed by atoms with Gasteiger partial charge in [-0.15, -0.1) is 11.3 Å². The summed E-state index contributed by atoms with van der Waals surface area (Å²) in [5.41, 5.74) is 8.02. The largest absolute Gasteiger partial charge is 0.389 e. The lowest BCUT2D eigenvalue weighted by Gasteiger charge is -2.44. The van der Waals surface area contributed by atoms with E-state index in [0.29, 0.717) is 35.0 Å². The number of ether oxygens (including phenoxy) is 1. The number of anilines is 2. The van der Waals surface area contributed by atoms with Crippen LogP contribution in [0.4, 0.5) is 19.7 Å². The van der Waals surface area contributed by atoms with E-state index in [1.54, 1.807) is 6.20 Å². The van der Waals surface area contributed by atoms with Crippen molar-refractivity contribution < 1.29 is 13.5 Å². The molecule has 7 rings (SSSR count). The Balaban J connectivity index is 1.26. The van der Waals surface area contributed by atoms with Crippen LogP contribution in [0.3, 0.4) is 0 Å². The lowest BCUT2D eigenvalue weighted by molar-refractivity contribution is 0.135. The van der Waals surface area contributed by atoms with Gasteiger partial charge in [-0.05, 0) is 17.5 Å². The molecule has 3 aromatic heterocycles. The maximum absolute atomic E-state index is 16.5. The standard InChI is InChI=1S/C28H28F2N8OS/c1-13(2)35-14-3-4-37(8-14)15-9-38(10-15)28-34-6-17-18-11-39-12-19(18)21(23(30)24(17)36-28)25-22-16(5-31)27(32)40-26(22)20(29)7-33-25/h6-7,13-15,35H,3-4,8-12,32H2,1-2H3. The lowest BCUT2D eigenvalue weighted by atomic mass is 9.94. The Morgan fingerprint density at radius 2 is 1.98 bits per heavy atom. The van der Waals surface area contributed by atoms with Crippen LogP contribution in [0, 0.1) is 23.0 Å². The summed E-state index contributed by atoms with van der Waals surface area (Å²) in [5.74, 6) is -0.721. The summed E-state index contributed by atoms with van der Waals surface area (Å²) in [6.45, 7) is 8.42. The number of aromatic nitrogens is 3. The molecule has 9 nitrogen and oxygen atoms in total. The molecule has 0 bridgehead atoms. The molecule has 0 aliphatic carbocycles. The number of hydrogen-bond donors (Lipinski definition) is 2. The number of rotatable bonds is 5. The summed E-state index contributed by atoms with van der Waals surface area (Å²) < 4.78 is 37.1. The number of fused-ring (bicyclic) bond motifs is 4. The zero-order valence-corrected chi connectivity index (χ0v) is 23.0. The van der Waals surface area contributed by atoms with Crippen molar-refractivity contribution in [2.24, 2.45) is 0 Å². The number of thiophene rings is 1. The number of nitriles is 1. The van der Waals surface area contributed by atoms with Gasteiger partial charge in [0.15, 0.2) is 11.6 Å². The molecule has 0 amide bonds. The lowest BCUT2D eigenvalue weighted by Crippen LogP contribution is -2.59. The van der Waals surface area contributed by atoms with Gasteiger partial charge >= 0.3 is 0 Å². The van der Waals surface area contributed by atoms with Crippen LogP contribution >= 0.6 is 11.3 Å². The van der Waals surface area contributed by atoms with Gasteiger partial charge in [-0.2, -0.15) is 5.26 Å². The first-order chi connectivity index (χ1) is 19.3. The Morgan fingerprint density at radius 3 is 2.75 bits per heavy atom. The van der Waals surface area contributed by atoms with Crippen LogP contribution in [0.25, 0.3) is 32.2 Å². The number of nitrogen functional groups attached to an aromatic ring is 1. The van der Waals surface area contributed by atoms with Gasteiger partial charge in [0.1, 0.15) is 16.6 Å². The maximum atomic E-state index is 16.5. The average Bonchev–Trinajstić information content (AvgIpc) is 3.63. The molecule has 1 unspecified atom stereocenters. The molecule has 0 spiro atoms. The number of halogens is 2. The highest BCUT2D eigenvalue weighted by molar-refractivity contribution is 7.23. The highest BCUT2D eigenvalue weighted by Gasteiger charge is 2.38. The number of nitrogens with two attached hydrogens (primary N) is 1. The number of nitrogens with one attached hydrogen (secondary N) is 1. The Morgan fingerprint density at radius 1 is 1.18 bits per heavy atom. The predicted octanol–water partition coefficient (Wildman–Crippen LogP) is 3.93. The third kappa shape index (κ3) is 3.91. The molecule has 1 aromatic carbocycles. The molecule has 0 saturated carbocycles. The Labute approximate surface area is 233 Å². The Kier molecular flexibility index (Phi) is 6.08. The van der Waals surface area contributed by atoms with Crippen molar-refractivity contribution >= 4 is 43.3 Å². The number of benzene rings is 1. The monoisotopic (exact) mass is 562 g/mol. The first-order valence-electron chi connectivity index (χ1n) is 13.4. The summed E-state index contributed by atoms with van der Waals surface area (Å²) >= 11 is 0.958. The van der Waals surface area contributed by atoms with Crippen LogP contribution < -0.4 is 16.0 Å². The van der Waals surface area contributed by atoms with Gasteiger partial charge in [-0.3, -0.25) is 9.88 Å². The fraction of sp³-hybridized carbons (Fsp3) is 0.429. The van der Waals surface area contributed by atoms with E-state index in [1.165, 1.54) is 0 Å². The third-order valence-electron chi connectivity index (χ3n) is 8.18. The molecule has 2 fully saturated rings. The molecule has 0 radical (unpaired) electrons. The van der Waals surface area contributed by atoms with E-state index >= 15 is 4.39 Å². The first kappa shape index (κ1) is 25.5. The fourth-order valence-corrected chi connectivity index (χ4v) is 7.19. The number of pyridine rings is 1. The molecular weight excluding hydrogens is 534 g/mol. The van der Waals surface area contributed by atoms with Crippen LogP contribution in [0.1, 0.15) is 37.0 Å². The highest BCUT2D eigenvalue weighted by atomic mass is 32.1. The van der Waals surface area contributed by atoms with Gasteiger partial charge in [-0.1, -0.05) is 13.8 Å². The van der Waals surface area contributed by atoms with Crippen LogP contribution in [0.15, 0.2) is 12.4 Å². The van der Waals surface area contributed by atoms with Crippen LogP contribution in [-0.4, -0.2) is 64.2 Å². The van der Waals surface area contributed by atoms with Gasteiger partial charge in [0.2, 0.25) is 5.95 Å². The van der Waals surface area contributed by atoms with Crippen LogP contribution in [0.5, 0.6) is 0 Å². The number of nitrogens with zero attached hydrogens (tertiary/aromatic N) is 6. The fourth-order valence-electron chi connectivity index (χ4n) is 6.27. The molecule has 1 atom stereocenters. The summed E-state index contributed by atoms with van der Waals surface area (Å²) in [4.78, 5) is 18.1. The molecule has 3 N–H and O–H groups in total. The van der Waals surface area contributed by atoms with Crippen molar-refractivity contribution in [2.45, 2.75) is 51.6 Å². The number of likely N-dealkylation sites (tertiary alicyclic amines) is 1. The van der Waals surface area contributed by atoms with E-state index in [0.717, 1.165) is 55.7 Å². The Bertz CT molecular complexity index is 1710. The molecule has 4 aromatic rings. The molecule has 6 heterocycles. The van der Waals surface area contributed by atoms with Gasteiger partial charge in [0, 0.05) is 66.8 Å². The van der Waals surface area contributed by atoms with Crippen molar-refractivity contribution in [1.29, 1.82) is 5.26 Å². The molecule has 12 heteroatoms. The third-order valence-corrected chi connectivity index (χ3v) is 9.21. The van der Waals surface area contributed by atoms with E-state index in [2.05, 4.69) is 43.9 Å². The minimum absolute atomic E-state index is 0.0944. The van der Waals surface area contributed by atoms with Crippen molar-refractivity contribution in [1.82, 2.24) is 25.2 Å². The summed E-state index contributed by atoms with van der Waals surface area (Å²) in [7, 11) is 0. The van der Waals surface area contributed by atoms with E-state index in [1.807, 2.05) is 6.07 Å². The molecular formula is C28H28F2N8OS. The van der Waals surface area contributed by atoms with E-state index in [9.17, 15) is 9.65 Å². The van der Waals surface area contributed by atoms with E-state index in [-0.39, 0.29) is 50.6 Å². The normalized spacial score (nSPS) is 19.6. The quantitative estimate of drug-likeness (QED) is 0.373. The van der Waals surface area contributed by atoms with Crippen LogP contribution in [-0.2, 0) is 18.0 Å². The molecule has 2 saturated heterocycles. The zero-order chi connectivity index (χ0) is 27.7. The highest BCUT2D eigenvalue weighted by Crippen LogP contribution is 2.45. The zero-order valence-electron chi connectivity index (χ0n) is 22.2. The van der Waals surface area contributed by atoms with Crippen molar-refractivity contribution in [3.8, 4) is 17.3 Å². The van der Waals surface area contributed by atoms with Crippen molar-refractivity contribution in [3.63, 3.8) is 0 Å².